The Kier molecular flexibility index (Phi) is 4.23. The molecule has 2 heterocycles. The molecule has 0 fully saturated rings. The number of rotatable bonds is 5. The summed E-state index contributed by atoms with van der Waals surface area (Å²) in [4.78, 5) is 24.8. The second-order valence-corrected chi connectivity index (χ2v) is 6.24. The van der Waals surface area contributed by atoms with Crippen LogP contribution in [0.2, 0.25) is 0 Å². The lowest BCUT2D eigenvalue weighted by atomic mass is 9.97. The van der Waals surface area contributed by atoms with Crippen molar-refractivity contribution in [1.82, 2.24) is 9.78 Å². The van der Waals surface area contributed by atoms with E-state index >= 15 is 0 Å². The van der Waals surface area contributed by atoms with Crippen LogP contribution in [0.4, 0.5) is 11.4 Å². The van der Waals surface area contributed by atoms with Gasteiger partial charge in [-0.2, -0.15) is 5.10 Å². The molecule has 0 aliphatic carbocycles. The van der Waals surface area contributed by atoms with Gasteiger partial charge in [0, 0.05) is 30.2 Å². The molecule has 130 valence electrons. The molecule has 0 radical (unpaired) electrons. The monoisotopic (exact) mass is 346 g/mol. The van der Waals surface area contributed by atoms with E-state index in [0.29, 0.717) is 6.54 Å². The minimum atomic E-state index is -0.454. The van der Waals surface area contributed by atoms with Crippen LogP contribution >= 0.6 is 0 Å². The summed E-state index contributed by atoms with van der Waals surface area (Å²) in [6, 6.07) is 17.0. The third-order valence-electron chi connectivity index (χ3n) is 4.48. The summed E-state index contributed by atoms with van der Waals surface area (Å²) in [7, 11) is 0. The molecule has 1 aliphatic rings. The highest BCUT2D eigenvalue weighted by Gasteiger charge is 2.31. The fourth-order valence-corrected chi connectivity index (χ4v) is 3.21. The van der Waals surface area contributed by atoms with Gasteiger partial charge < -0.3 is 10.6 Å². The van der Waals surface area contributed by atoms with E-state index in [9.17, 15) is 9.59 Å². The zero-order valence-electron chi connectivity index (χ0n) is 14.1. The molecule has 2 aromatic carbocycles. The smallest absolute Gasteiger partial charge is 0.232 e. The topological polar surface area (TPSA) is 76.0 Å². The van der Waals surface area contributed by atoms with Gasteiger partial charge in [-0.1, -0.05) is 36.4 Å². The van der Waals surface area contributed by atoms with E-state index in [-0.39, 0.29) is 18.2 Å². The van der Waals surface area contributed by atoms with E-state index in [4.69, 9.17) is 0 Å². The average molecular weight is 346 g/mol. The van der Waals surface area contributed by atoms with Gasteiger partial charge in [0.15, 0.2) is 0 Å². The summed E-state index contributed by atoms with van der Waals surface area (Å²) >= 11 is 0. The first-order valence-electron chi connectivity index (χ1n) is 8.45. The van der Waals surface area contributed by atoms with Crippen molar-refractivity contribution in [2.24, 2.45) is 0 Å². The molecule has 0 saturated heterocycles. The molecular weight excluding hydrogens is 328 g/mol. The van der Waals surface area contributed by atoms with E-state index < -0.39 is 5.92 Å². The van der Waals surface area contributed by atoms with Gasteiger partial charge in [0.25, 0.3) is 0 Å². The molecule has 3 aromatic rings. The van der Waals surface area contributed by atoms with Crippen LogP contribution in [0.25, 0.3) is 0 Å². The number of nitrogens with one attached hydrogen (secondary N) is 2. The number of benzene rings is 2. The van der Waals surface area contributed by atoms with Crippen LogP contribution < -0.4 is 10.6 Å². The SMILES string of the molecule is O=C(C[C@H]1C(=O)Nc2ccccc21)Nc1ccccc1Cn1cccn1. The highest BCUT2D eigenvalue weighted by Crippen LogP contribution is 2.34. The van der Waals surface area contributed by atoms with Gasteiger partial charge in [-0.15, -0.1) is 0 Å². The molecule has 0 spiro atoms. The summed E-state index contributed by atoms with van der Waals surface area (Å²) in [5.41, 5.74) is 3.35. The van der Waals surface area contributed by atoms with Crippen molar-refractivity contribution in [1.29, 1.82) is 0 Å². The quantitative estimate of drug-likeness (QED) is 0.746. The maximum Gasteiger partial charge on any atom is 0.232 e. The maximum absolute atomic E-state index is 12.6. The van der Waals surface area contributed by atoms with Crippen LogP contribution in [0.1, 0.15) is 23.5 Å². The summed E-state index contributed by atoms with van der Waals surface area (Å²) in [5.74, 6) is -0.773. The number of amides is 2. The highest BCUT2D eigenvalue weighted by atomic mass is 16.2. The van der Waals surface area contributed by atoms with Crippen molar-refractivity contribution in [2.75, 3.05) is 10.6 Å². The Morgan fingerprint density at radius 2 is 1.92 bits per heavy atom. The molecule has 2 amide bonds. The summed E-state index contributed by atoms with van der Waals surface area (Å²) in [6.45, 7) is 0.566. The Hall–Kier alpha value is -3.41. The van der Waals surface area contributed by atoms with Crippen LogP contribution in [0.15, 0.2) is 67.0 Å². The summed E-state index contributed by atoms with van der Waals surface area (Å²) < 4.78 is 1.80. The number of carbonyl (C=O) groups excluding carboxylic acids is 2. The number of para-hydroxylation sites is 2. The van der Waals surface area contributed by atoms with Gasteiger partial charge in [0.1, 0.15) is 0 Å². The van der Waals surface area contributed by atoms with Crippen molar-refractivity contribution in [3.8, 4) is 0 Å². The lowest BCUT2D eigenvalue weighted by Gasteiger charge is -2.13. The third-order valence-corrected chi connectivity index (χ3v) is 4.48. The number of hydrogen-bond donors (Lipinski definition) is 2. The molecule has 0 unspecified atom stereocenters. The van der Waals surface area contributed by atoms with E-state index in [1.807, 2.05) is 60.8 Å². The van der Waals surface area contributed by atoms with E-state index in [2.05, 4.69) is 15.7 Å². The minimum Gasteiger partial charge on any atom is -0.326 e. The Balaban J connectivity index is 1.48. The average Bonchev–Trinajstić information content (AvgIpc) is 3.25. The molecule has 6 nitrogen and oxygen atoms in total. The Bertz CT molecular complexity index is 950. The number of hydrogen-bond acceptors (Lipinski definition) is 3. The summed E-state index contributed by atoms with van der Waals surface area (Å²) in [6.07, 6.45) is 3.70. The van der Waals surface area contributed by atoms with Gasteiger partial charge >= 0.3 is 0 Å². The molecule has 1 aliphatic heterocycles. The second kappa shape index (κ2) is 6.84. The van der Waals surface area contributed by atoms with Gasteiger partial charge in [-0.3, -0.25) is 14.3 Å². The van der Waals surface area contributed by atoms with Crippen LogP contribution in [0, 0.1) is 0 Å². The lowest BCUT2D eigenvalue weighted by Crippen LogP contribution is -2.21. The van der Waals surface area contributed by atoms with Gasteiger partial charge in [0.05, 0.1) is 12.5 Å². The highest BCUT2D eigenvalue weighted by molar-refractivity contribution is 6.06. The van der Waals surface area contributed by atoms with Crippen molar-refractivity contribution in [3.63, 3.8) is 0 Å². The van der Waals surface area contributed by atoms with Crippen LogP contribution in [-0.4, -0.2) is 21.6 Å². The van der Waals surface area contributed by atoms with Gasteiger partial charge in [-0.25, -0.2) is 0 Å². The minimum absolute atomic E-state index is 0.110. The normalized spacial score (nSPS) is 15.4. The molecule has 0 bridgehead atoms. The van der Waals surface area contributed by atoms with Crippen LogP contribution in [-0.2, 0) is 16.1 Å². The van der Waals surface area contributed by atoms with E-state index in [1.165, 1.54) is 0 Å². The van der Waals surface area contributed by atoms with Crippen molar-refractivity contribution in [3.05, 3.63) is 78.1 Å². The first kappa shape index (κ1) is 16.1. The molecule has 4 rings (SSSR count). The standard InChI is InChI=1S/C20H18N4O2/c25-19(12-16-15-7-2-4-9-18(15)23-20(16)26)22-17-8-3-1-6-14(17)13-24-11-5-10-21-24/h1-11,16H,12-13H2,(H,22,25)(H,23,26)/t16-/m1/s1. The molecular formula is C20H18N4O2. The molecule has 1 atom stereocenters. The molecule has 0 saturated carbocycles. The van der Waals surface area contributed by atoms with Gasteiger partial charge in [0.2, 0.25) is 11.8 Å². The number of fused-ring (bicyclic) bond motifs is 1. The van der Waals surface area contributed by atoms with Crippen LogP contribution in [0.3, 0.4) is 0 Å². The third kappa shape index (κ3) is 3.21. The largest absolute Gasteiger partial charge is 0.326 e. The Morgan fingerprint density at radius 3 is 2.77 bits per heavy atom. The predicted octanol–water partition coefficient (Wildman–Crippen LogP) is 3.00. The maximum atomic E-state index is 12.6. The number of carbonyl (C=O) groups is 2. The van der Waals surface area contributed by atoms with Crippen molar-refractivity contribution >= 4 is 23.2 Å². The lowest BCUT2D eigenvalue weighted by molar-refractivity contribution is -0.122. The fraction of sp³-hybridized carbons (Fsp3) is 0.150. The first-order valence-corrected chi connectivity index (χ1v) is 8.45. The first-order chi connectivity index (χ1) is 12.7. The summed E-state index contributed by atoms with van der Waals surface area (Å²) in [5, 5.41) is 9.97. The van der Waals surface area contributed by atoms with Crippen molar-refractivity contribution < 1.29 is 9.59 Å². The van der Waals surface area contributed by atoms with E-state index in [0.717, 1.165) is 22.5 Å². The second-order valence-electron chi connectivity index (χ2n) is 6.24. The fourth-order valence-electron chi connectivity index (χ4n) is 3.21. The van der Waals surface area contributed by atoms with E-state index in [1.54, 1.807) is 10.9 Å². The molecule has 6 heteroatoms. The molecule has 26 heavy (non-hydrogen) atoms. The number of nitrogens with zero attached hydrogens (tertiary/aromatic N) is 2. The zero-order chi connectivity index (χ0) is 17.9. The Labute approximate surface area is 150 Å². The number of anilines is 2. The Morgan fingerprint density at radius 1 is 1.12 bits per heavy atom. The van der Waals surface area contributed by atoms with Crippen LogP contribution in [0.5, 0.6) is 0 Å². The molecule has 2 N–H and O–H groups in total. The van der Waals surface area contributed by atoms with Gasteiger partial charge in [-0.05, 0) is 29.3 Å². The number of aromatic nitrogens is 2. The predicted molar refractivity (Wildman–Crippen MR) is 98.8 cm³/mol. The van der Waals surface area contributed by atoms with Crippen molar-refractivity contribution in [2.45, 2.75) is 18.9 Å². The molecule has 1 aromatic heterocycles. The zero-order valence-corrected chi connectivity index (χ0v) is 14.1.